The lowest BCUT2D eigenvalue weighted by atomic mass is 9.87. The molecule has 2 rings (SSSR count). The molecule has 0 spiro atoms. The zero-order chi connectivity index (χ0) is 12.5. The summed E-state index contributed by atoms with van der Waals surface area (Å²) in [5.74, 6) is 0. The molecule has 1 aromatic heterocycles. The van der Waals surface area contributed by atoms with Crippen molar-refractivity contribution in [1.29, 1.82) is 0 Å². The van der Waals surface area contributed by atoms with Crippen LogP contribution in [0.3, 0.4) is 0 Å². The van der Waals surface area contributed by atoms with E-state index in [1.54, 1.807) is 6.07 Å². The number of aliphatic hydroxyl groups is 1. The van der Waals surface area contributed by atoms with Crippen molar-refractivity contribution in [2.45, 2.75) is 11.8 Å². The Morgan fingerprint density at radius 2 is 1.59 bits per heavy atom. The molecule has 1 nitrogen and oxygen atoms in total. The predicted octanol–water partition coefficient (Wildman–Crippen LogP) is 3.55. The second-order valence-corrected chi connectivity index (χ2v) is 4.37. The maximum Gasteiger partial charge on any atom is 0.425 e. The molecule has 17 heavy (non-hydrogen) atoms. The lowest BCUT2D eigenvalue weighted by Gasteiger charge is -2.30. The van der Waals surface area contributed by atoms with E-state index >= 15 is 0 Å². The molecule has 1 aromatic carbocycles. The fourth-order valence-electron chi connectivity index (χ4n) is 1.64. The Balaban J connectivity index is 2.61. The van der Waals surface area contributed by atoms with Gasteiger partial charge in [-0.2, -0.15) is 24.5 Å². The molecule has 0 saturated heterocycles. The number of rotatable bonds is 2. The van der Waals surface area contributed by atoms with E-state index in [0.717, 1.165) is 11.3 Å². The predicted molar refractivity (Wildman–Crippen MR) is 59.8 cm³/mol. The maximum atomic E-state index is 13.1. The number of halogens is 3. The van der Waals surface area contributed by atoms with Gasteiger partial charge in [-0.15, -0.1) is 0 Å². The highest BCUT2D eigenvalue weighted by molar-refractivity contribution is 7.08. The third-order valence-corrected chi connectivity index (χ3v) is 3.22. The van der Waals surface area contributed by atoms with E-state index in [0.29, 0.717) is 0 Å². The second-order valence-electron chi connectivity index (χ2n) is 3.59. The van der Waals surface area contributed by atoms with Gasteiger partial charge in [-0.3, -0.25) is 0 Å². The van der Waals surface area contributed by atoms with Crippen LogP contribution in [-0.2, 0) is 5.60 Å². The van der Waals surface area contributed by atoms with E-state index in [2.05, 4.69) is 0 Å². The quantitative estimate of drug-likeness (QED) is 0.873. The second kappa shape index (κ2) is 4.16. The maximum absolute atomic E-state index is 13.1. The summed E-state index contributed by atoms with van der Waals surface area (Å²) in [6.45, 7) is 0. The van der Waals surface area contributed by atoms with Gasteiger partial charge in [0.1, 0.15) is 0 Å². The molecule has 0 aliphatic heterocycles. The molecule has 2 aromatic rings. The minimum atomic E-state index is -4.75. The van der Waals surface area contributed by atoms with E-state index < -0.39 is 11.8 Å². The van der Waals surface area contributed by atoms with Crippen LogP contribution in [0.5, 0.6) is 0 Å². The molecule has 0 bridgehead atoms. The summed E-state index contributed by atoms with van der Waals surface area (Å²) in [5.41, 5.74) is -3.26. The molecule has 0 aliphatic carbocycles. The zero-order valence-corrected chi connectivity index (χ0v) is 9.42. The van der Waals surface area contributed by atoms with Crippen LogP contribution in [0.1, 0.15) is 11.1 Å². The average molecular weight is 258 g/mol. The average Bonchev–Trinajstić information content (AvgIpc) is 2.81. The number of benzene rings is 1. The molecule has 0 fully saturated rings. The third-order valence-electron chi connectivity index (χ3n) is 2.54. The largest absolute Gasteiger partial charge is 0.425 e. The molecule has 0 radical (unpaired) electrons. The summed E-state index contributed by atoms with van der Waals surface area (Å²) in [4.78, 5) is 0. The summed E-state index contributed by atoms with van der Waals surface area (Å²) in [5, 5.41) is 12.9. The first-order valence-electron chi connectivity index (χ1n) is 4.83. The highest BCUT2D eigenvalue weighted by atomic mass is 32.1. The van der Waals surface area contributed by atoms with Crippen molar-refractivity contribution in [2.75, 3.05) is 0 Å². The van der Waals surface area contributed by atoms with Crippen molar-refractivity contribution in [3.63, 3.8) is 0 Å². The number of hydrogen-bond donors (Lipinski definition) is 1. The van der Waals surface area contributed by atoms with Gasteiger partial charge in [-0.25, -0.2) is 0 Å². The highest BCUT2D eigenvalue weighted by Gasteiger charge is 2.56. The van der Waals surface area contributed by atoms with E-state index in [1.165, 1.54) is 41.1 Å². The molecule has 5 heteroatoms. The molecule has 1 N–H and O–H groups in total. The standard InChI is InChI=1S/C12H9F3OS/c13-12(14,15)11(16,10-6-7-17-8-10)9-4-2-1-3-5-9/h1-8,16H. The van der Waals surface area contributed by atoms with Crippen LogP contribution < -0.4 is 0 Å². The third kappa shape index (κ3) is 1.96. The number of thiophene rings is 1. The van der Waals surface area contributed by atoms with Gasteiger partial charge in [-0.05, 0) is 22.4 Å². The Morgan fingerprint density at radius 3 is 2.06 bits per heavy atom. The van der Waals surface area contributed by atoms with Crippen molar-refractivity contribution >= 4 is 11.3 Å². The van der Waals surface area contributed by atoms with Gasteiger partial charge in [0.2, 0.25) is 5.60 Å². The van der Waals surface area contributed by atoms with Crippen LogP contribution in [0, 0.1) is 0 Å². The Labute approximate surface area is 100 Å². The van der Waals surface area contributed by atoms with Crippen LogP contribution in [0.4, 0.5) is 13.2 Å². The topological polar surface area (TPSA) is 20.2 Å². The summed E-state index contributed by atoms with van der Waals surface area (Å²) < 4.78 is 39.3. The first kappa shape index (κ1) is 12.1. The van der Waals surface area contributed by atoms with E-state index in [9.17, 15) is 18.3 Å². The molecule has 90 valence electrons. The van der Waals surface area contributed by atoms with Gasteiger partial charge in [0.05, 0.1) is 0 Å². The molecular formula is C12H9F3OS. The van der Waals surface area contributed by atoms with Crippen LogP contribution in [0.15, 0.2) is 47.2 Å². The summed E-state index contributed by atoms with van der Waals surface area (Å²) >= 11 is 1.12. The summed E-state index contributed by atoms with van der Waals surface area (Å²) in [7, 11) is 0. The van der Waals surface area contributed by atoms with Crippen molar-refractivity contribution in [2.24, 2.45) is 0 Å². The van der Waals surface area contributed by atoms with Crippen LogP contribution in [0.2, 0.25) is 0 Å². The normalized spacial score (nSPS) is 15.5. The fourth-order valence-corrected chi connectivity index (χ4v) is 2.34. The fraction of sp³-hybridized carbons (Fsp3) is 0.167. The summed E-state index contributed by atoms with van der Waals surface area (Å²) in [6.07, 6.45) is -4.75. The monoisotopic (exact) mass is 258 g/mol. The Bertz CT molecular complexity index is 478. The lowest BCUT2D eigenvalue weighted by molar-refractivity contribution is -0.248. The van der Waals surface area contributed by atoms with E-state index in [-0.39, 0.29) is 11.1 Å². The van der Waals surface area contributed by atoms with Crippen molar-refractivity contribution in [3.05, 3.63) is 58.3 Å². The lowest BCUT2D eigenvalue weighted by Crippen LogP contribution is -2.42. The molecule has 1 heterocycles. The van der Waals surface area contributed by atoms with Crippen molar-refractivity contribution < 1.29 is 18.3 Å². The highest BCUT2D eigenvalue weighted by Crippen LogP contribution is 2.44. The minimum absolute atomic E-state index is 0.152. The van der Waals surface area contributed by atoms with Gasteiger partial charge < -0.3 is 5.11 Å². The Hall–Kier alpha value is -1.33. The van der Waals surface area contributed by atoms with Gasteiger partial charge >= 0.3 is 6.18 Å². The first-order valence-corrected chi connectivity index (χ1v) is 5.78. The molecule has 0 aliphatic rings. The van der Waals surface area contributed by atoms with Crippen molar-refractivity contribution in [1.82, 2.24) is 0 Å². The SMILES string of the molecule is OC(c1ccccc1)(c1ccsc1)C(F)(F)F. The molecule has 1 unspecified atom stereocenters. The van der Waals surface area contributed by atoms with Crippen LogP contribution in [0.25, 0.3) is 0 Å². The van der Waals surface area contributed by atoms with Gasteiger partial charge in [-0.1, -0.05) is 30.3 Å². The smallest absolute Gasteiger partial charge is 0.372 e. The Morgan fingerprint density at radius 1 is 0.941 bits per heavy atom. The number of hydrogen-bond acceptors (Lipinski definition) is 2. The van der Waals surface area contributed by atoms with Crippen LogP contribution in [-0.4, -0.2) is 11.3 Å². The number of alkyl halides is 3. The molecule has 0 saturated carbocycles. The molecule has 0 amide bonds. The summed E-state index contributed by atoms with van der Waals surface area (Å²) in [6, 6.07) is 8.37. The van der Waals surface area contributed by atoms with E-state index in [4.69, 9.17) is 0 Å². The molecule has 1 atom stereocenters. The molecular weight excluding hydrogens is 249 g/mol. The van der Waals surface area contributed by atoms with Gasteiger partial charge in [0.25, 0.3) is 0 Å². The Kier molecular flexibility index (Phi) is 2.97. The van der Waals surface area contributed by atoms with Gasteiger partial charge in [0.15, 0.2) is 0 Å². The minimum Gasteiger partial charge on any atom is -0.372 e. The first-order chi connectivity index (χ1) is 7.96. The van der Waals surface area contributed by atoms with Crippen molar-refractivity contribution in [3.8, 4) is 0 Å². The van der Waals surface area contributed by atoms with Gasteiger partial charge in [0, 0.05) is 5.56 Å². The van der Waals surface area contributed by atoms with E-state index in [1.807, 2.05) is 0 Å². The van der Waals surface area contributed by atoms with Crippen LogP contribution >= 0.6 is 11.3 Å². The zero-order valence-electron chi connectivity index (χ0n) is 8.61.